The maximum atomic E-state index is 14.1. The number of aromatic nitrogens is 3. The van der Waals surface area contributed by atoms with Gasteiger partial charge in [-0.3, -0.25) is 4.79 Å². The summed E-state index contributed by atoms with van der Waals surface area (Å²) in [5.41, 5.74) is -5.90. The Balaban J connectivity index is 2.17. The first-order chi connectivity index (χ1) is 17.3. The van der Waals surface area contributed by atoms with Gasteiger partial charge in [-0.15, -0.1) is 0 Å². The maximum absolute atomic E-state index is 14.1. The summed E-state index contributed by atoms with van der Waals surface area (Å²) in [6, 6.07) is 6.14. The predicted molar refractivity (Wildman–Crippen MR) is 119 cm³/mol. The normalized spacial score (nSPS) is 11.2. The zero-order valence-electron chi connectivity index (χ0n) is 18.9. The number of ether oxygens (including phenoxy) is 2. The topological polar surface area (TPSA) is 125 Å². The molecule has 3 rings (SSSR count). The zero-order valence-corrected chi connectivity index (χ0v) is 19.7. The number of hydrogen-bond acceptors (Lipinski definition) is 7. The van der Waals surface area contributed by atoms with Crippen LogP contribution in [0.4, 0.5) is 17.6 Å². The summed E-state index contributed by atoms with van der Waals surface area (Å²) in [5.74, 6) is -3.34. The molecular weight excluding hydrogens is 528 g/mol. The summed E-state index contributed by atoms with van der Waals surface area (Å²) in [5, 5.41) is 8.52. The van der Waals surface area contributed by atoms with Gasteiger partial charge in [0.15, 0.2) is 0 Å². The number of benzene rings is 2. The predicted octanol–water partition coefficient (Wildman–Crippen LogP) is 2.74. The van der Waals surface area contributed by atoms with E-state index in [-0.39, 0.29) is 23.6 Å². The van der Waals surface area contributed by atoms with Crippen molar-refractivity contribution in [3.8, 4) is 23.3 Å². The monoisotopic (exact) mass is 542 g/mol. The van der Waals surface area contributed by atoms with Crippen LogP contribution in [0.5, 0.6) is 11.5 Å². The van der Waals surface area contributed by atoms with Crippen LogP contribution >= 0.6 is 11.6 Å². The molecule has 0 saturated carbocycles. The average molecular weight is 543 g/mol. The Bertz CT molecular complexity index is 1590. The number of nitrogens with zero attached hydrogens (tertiary/aromatic N) is 4. The molecule has 0 aliphatic rings. The van der Waals surface area contributed by atoms with E-state index < -0.39 is 57.9 Å². The van der Waals surface area contributed by atoms with Gasteiger partial charge in [0.25, 0.3) is 0 Å². The fourth-order valence-electron chi connectivity index (χ4n) is 3.24. The van der Waals surface area contributed by atoms with Crippen LogP contribution in [0.1, 0.15) is 18.1 Å². The second kappa shape index (κ2) is 10.3. The highest BCUT2D eigenvalue weighted by molar-refractivity contribution is 6.31. The Morgan fingerprint density at radius 1 is 1.08 bits per heavy atom. The third-order valence-electron chi connectivity index (χ3n) is 4.88. The Morgan fingerprint density at radius 2 is 1.76 bits per heavy atom. The number of hydrogen-bond donors (Lipinski definition) is 0. The molecular formula is C22H15ClF4N4O6. The second-order valence-electron chi connectivity index (χ2n) is 7.29. The molecule has 0 aliphatic heterocycles. The van der Waals surface area contributed by atoms with E-state index in [0.29, 0.717) is 25.8 Å². The molecule has 1 aromatic heterocycles. The van der Waals surface area contributed by atoms with E-state index in [1.165, 1.54) is 6.92 Å². The van der Waals surface area contributed by atoms with Crippen LogP contribution in [0.3, 0.4) is 0 Å². The van der Waals surface area contributed by atoms with Crippen molar-refractivity contribution < 1.29 is 31.8 Å². The number of carbonyl (C=O) groups excluding carboxylic acids is 1. The Labute approximate surface area is 209 Å². The van der Waals surface area contributed by atoms with Crippen molar-refractivity contribution in [2.24, 2.45) is 7.05 Å². The SMILES string of the molecule is CCOC(=O)Cn1c(=O)n(C)c(=O)n(-c2cc(Oc3cc(F)c(C(F)(F)F)c(Cl)c3)ccc2C#N)c1=O. The van der Waals surface area contributed by atoms with Crippen LogP contribution in [0.15, 0.2) is 44.7 Å². The lowest BCUT2D eigenvalue weighted by atomic mass is 10.1. The van der Waals surface area contributed by atoms with Crippen LogP contribution < -0.4 is 21.8 Å². The molecule has 0 saturated heterocycles. The van der Waals surface area contributed by atoms with E-state index in [1.807, 2.05) is 0 Å². The van der Waals surface area contributed by atoms with Gasteiger partial charge in [-0.05, 0) is 19.1 Å². The Hall–Kier alpha value is -4.38. The highest BCUT2D eigenvalue weighted by Crippen LogP contribution is 2.39. The fraction of sp³-hybridized carbons (Fsp3) is 0.227. The highest BCUT2D eigenvalue weighted by Gasteiger charge is 2.37. The largest absolute Gasteiger partial charge is 0.465 e. The lowest BCUT2D eigenvalue weighted by Gasteiger charge is -2.15. The van der Waals surface area contributed by atoms with Crippen molar-refractivity contribution in [1.29, 1.82) is 5.26 Å². The minimum Gasteiger partial charge on any atom is -0.465 e. The van der Waals surface area contributed by atoms with E-state index in [4.69, 9.17) is 21.1 Å². The van der Waals surface area contributed by atoms with Gasteiger partial charge in [0, 0.05) is 25.2 Å². The first kappa shape index (κ1) is 27.2. The van der Waals surface area contributed by atoms with Gasteiger partial charge in [-0.2, -0.15) is 18.4 Å². The second-order valence-corrected chi connectivity index (χ2v) is 7.69. The van der Waals surface area contributed by atoms with E-state index in [1.54, 1.807) is 6.07 Å². The molecule has 0 atom stereocenters. The molecule has 0 spiro atoms. The van der Waals surface area contributed by atoms with Gasteiger partial charge in [-0.1, -0.05) is 11.6 Å². The molecule has 0 radical (unpaired) electrons. The minimum atomic E-state index is -5.06. The number of alkyl halides is 3. The smallest absolute Gasteiger partial charge is 0.420 e. The Kier molecular flexibility index (Phi) is 7.58. The third kappa shape index (κ3) is 5.41. The van der Waals surface area contributed by atoms with E-state index in [9.17, 15) is 42.0 Å². The van der Waals surface area contributed by atoms with Crippen molar-refractivity contribution in [1.82, 2.24) is 13.7 Å². The van der Waals surface area contributed by atoms with Crippen LogP contribution in [0, 0.1) is 17.1 Å². The van der Waals surface area contributed by atoms with Crippen molar-refractivity contribution >= 4 is 17.6 Å². The summed E-state index contributed by atoms with van der Waals surface area (Å²) in [4.78, 5) is 50.2. The molecule has 194 valence electrons. The molecule has 0 amide bonds. The number of rotatable bonds is 6. The van der Waals surface area contributed by atoms with E-state index in [2.05, 4.69) is 0 Å². The van der Waals surface area contributed by atoms with Crippen molar-refractivity contribution in [3.63, 3.8) is 0 Å². The molecule has 15 heteroatoms. The summed E-state index contributed by atoms with van der Waals surface area (Å²) in [7, 11) is 1.03. The fourth-order valence-corrected chi connectivity index (χ4v) is 3.55. The van der Waals surface area contributed by atoms with Gasteiger partial charge in [-0.25, -0.2) is 32.5 Å². The summed E-state index contributed by atoms with van der Waals surface area (Å²) in [6.07, 6.45) is -5.06. The molecule has 1 heterocycles. The molecule has 10 nitrogen and oxygen atoms in total. The number of halogens is 5. The molecule has 37 heavy (non-hydrogen) atoms. The first-order valence-electron chi connectivity index (χ1n) is 10.2. The molecule has 3 aromatic rings. The maximum Gasteiger partial charge on any atom is 0.420 e. The molecule has 0 N–H and O–H groups in total. The third-order valence-corrected chi connectivity index (χ3v) is 5.17. The van der Waals surface area contributed by atoms with Gasteiger partial charge < -0.3 is 9.47 Å². The minimum absolute atomic E-state index is 0.0416. The van der Waals surface area contributed by atoms with Crippen LogP contribution in [0.25, 0.3) is 5.69 Å². The number of nitriles is 1. The van der Waals surface area contributed by atoms with Crippen LogP contribution in [-0.4, -0.2) is 26.3 Å². The van der Waals surface area contributed by atoms with Crippen LogP contribution in [0.2, 0.25) is 5.02 Å². The lowest BCUT2D eigenvalue weighted by molar-refractivity contribution is -0.144. The summed E-state index contributed by atoms with van der Waals surface area (Å²) >= 11 is 5.57. The lowest BCUT2D eigenvalue weighted by Crippen LogP contribution is -2.54. The molecule has 0 fully saturated rings. The van der Waals surface area contributed by atoms with Crippen molar-refractivity contribution in [2.45, 2.75) is 19.6 Å². The first-order valence-corrected chi connectivity index (χ1v) is 10.5. The van der Waals surface area contributed by atoms with Gasteiger partial charge in [0.1, 0.15) is 35.5 Å². The number of esters is 1. The summed E-state index contributed by atoms with van der Waals surface area (Å²) < 4.78 is 64.4. The van der Waals surface area contributed by atoms with Crippen molar-refractivity contribution in [3.05, 3.63) is 83.8 Å². The van der Waals surface area contributed by atoms with E-state index >= 15 is 0 Å². The van der Waals surface area contributed by atoms with Crippen LogP contribution in [-0.2, 0) is 29.3 Å². The van der Waals surface area contributed by atoms with E-state index in [0.717, 1.165) is 25.2 Å². The van der Waals surface area contributed by atoms with Gasteiger partial charge in [0.05, 0.1) is 22.9 Å². The molecule has 0 unspecified atom stereocenters. The van der Waals surface area contributed by atoms with Gasteiger partial charge in [0.2, 0.25) is 0 Å². The average Bonchev–Trinajstić information content (AvgIpc) is 2.79. The van der Waals surface area contributed by atoms with Crippen molar-refractivity contribution in [2.75, 3.05) is 6.61 Å². The Morgan fingerprint density at radius 3 is 2.32 bits per heavy atom. The molecule has 2 aromatic carbocycles. The molecule has 0 aliphatic carbocycles. The highest BCUT2D eigenvalue weighted by atomic mass is 35.5. The quantitative estimate of drug-likeness (QED) is 0.346. The van der Waals surface area contributed by atoms with Gasteiger partial charge >= 0.3 is 29.2 Å². The molecule has 0 bridgehead atoms. The zero-order chi connectivity index (χ0) is 27.7. The standard InChI is InChI=1S/C22H15ClF4N4O6/c1-3-36-17(32)10-30-19(33)29(2)20(34)31(21(30)35)16-8-12(5-4-11(16)9-28)37-13-6-14(23)18(15(24)7-13)22(25,26)27/h4-8H,3,10H2,1-2H3. The summed E-state index contributed by atoms with van der Waals surface area (Å²) in [6.45, 7) is 0.626. The number of carbonyl (C=O) groups is 1.